The van der Waals surface area contributed by atoms with Gasteiger partial charge in [0.15, 0.2) is 0 Å². The van der Waals surface area contributed by atoms with E-state index in [4.69, 9.17) is 14.4 Å². The molecule has 2 aromatic heterocycles. The molecule has 0 saturated carbocycles. The Morgan fingerprint density at radius 2 is 0.658 bits per heavy atom. The van der Waals surface area contributed by atoms with Gasteiger partial charge < -0.3 is 9.32 Å². The van der Waals surface area contributed by atoms with Crippen LogP contribution < -0.4 is 4.90 Å². The van der Waals surface area contributed by atoms with E-state index in [0.29, 0.717) is 11.8 Å². The van der Waals surface area contributed by atoms with E-state index in [9.17, 15) is 0 Å². The van der Waals surface area contributed by atoms with Crippen LogP contribution in [0.5, 0.6) is 0 Å². The Bertz CT molecular complexity index is 4200. The quantitative estimate of drug-likeness (QED) is 0.144. The van der Waals surface area contributed by atoms with Crippen molar-refractivity contribution in [3.05, 3.63) is 259 Å². The highest BCUT2D eigenvalue weighted by Crippen LogP contribution is 2.53. The lowest BCUT2D eigenvalue weighted by Crippen LogP contribution is -2.15. The van der Waals surface area contributed by atoms with Crippen LogP contribution in [0.3, 0.4) is 0 Å². The summed E-state index contributed by atoms with van der Waals surface area (Å²) in [6.07, 6.45) is 0. The molecular formula is C70H51N5O. The molecule has 0 N–H and O–H groups in total. The molecule has 0 amide bonds. The molecule has 12 aromatic rings. The Kier molecular flexibility index (Phi) is 10.4. The molecule has 0 radical (unpaired) electrons. The minimum absolute atomic E-state index is 0.153. The molecule has 362 valence electrons. The largest absolute Gasteiger partial charge is 0.416 e. The fourth-order valence-electron chi connectivity index (χ4n) is 11.9. The van der Waals surface area contributed by atoms with E-state index in [1.54, 1.807) is 0 Å². The molecule has 0 atom stereocenters. The van der Waals surface area contributed by atoms with Gasteiger partial charge >= 0.3 is 0 Å². The summed E-state index contributed by atoms with van der Waals surface area (Å²) in [5.41, 5.74) is 24.9. The number of hydrogen-bond acceptors (Lipinski definition) is 6. The summed E-state index contributed by atoms with van der Waals surface area (Å²) in [6, 6.07) is 84.1. The third kappa shape index (κ3) is 7.39. The maximum absolute atomic E-state index is 6.12. The van der Waals surface area contributed by atoms with Gasteiger partial charge in [0, 0.05) is 50.1 Å². The Morgan fingerprint density at radius 1 is 0.303 bits per heavy atom. The van der Waals surface area contributed by atoms with Gasteiger partial charge in [-0.3, -0.25) is 0 Å². The van der Waals surface area contributed by atoms with E-state index in [-0.39, 0.29) is 10.8 Å². The second kappa shape index (κ2) is 17.6. The van der Waals surface area contributed by atoms with Crippen molar-refractivity contribution in [3.8, 4) is 89.9 Å². The summed E-state index contributed by atoms with van der Waals surface area (Å²) < 4.78 is 6.12. The highest BCUT2D eigenvalue weighted by Gasteiger charge is 2.37. The first-order chi connectivity index (χ1) is 37.2. The molecular weight excluding hydrogens is 927 g/mol. The predicted octanol–water partition coefficient (Wildman–Crippen LogP) is 18.1. The minimum Gasteiger partial charge on any atom is -0.416 e. The van der Waals surface area contributed by atoms with Gasteiger partial charge in [0.25, 0.3) is 0 Å². The van der Waals surface area contributed by atoms with Crippen LogP contribution in [0.4, 0.5) is 17.1 Å². The topological polar surface area (TPSA) is 67.9 Å². The molecule has 0 fully saturated rings. The van der Waals surface area contributed by atoms with Crippen molar-refractivity contribution in [1.82, 2.24) is 20.2 Å². The SMILES string of the molecule is CC1(C)c2ccccc2-c2ccc(-c3cc4nc(-c5ccccc5)c(-c5ccc(N(c6ccccc6)c6ccc(-c7nnc(-c8ccccc8)o7)cc6)cc5)nc4cc3-c3ccc4c(c3)C(C)(C)c3ccccc3-4)cc21. The lowest BCUT2D eigenvalue weighted by molar-refractivity contribution is 0.584. The maximum Gasteiger partial charge on any atom is 0.248 e. The van der Waals surface area contributed by atoms with Gasteiger partial charge in [0.05, 0.1) is 22.4 Å². The first kappa shape index (κ1) is 45.1. The van der Waals surface area contributed by atoms with Crippen molar-refractivity contribution in [2.45, 2.75) is 38.5 Å². The van der Waals surface area contributed by atoms with Crippen LogP contribution in [0.1, 0.15) is 49.9 Å². The summed E-state index contributed by atoms with van der Waals surface area (Å²) in [5, 5.41) is 8.72. The molecule has 2 aliphatic rings. The lowest BCUT2D eigenvalue weighted by Gasteiger charge is -2.25. The standard InChI is InChI=1S/C70H51N5O/c1-69(2)59-26-16-14-24-53(59)55-38-32-48(40-61(55)69)57-42-63-64(43-58(57)49-33-39-56-54-25-15-17-27-60(54)70(3,4)62(56)41-49)72-66(65(71-63)44-18-8-5-9-19-44)45-28-34-51(35-29-45)75(50-22-12-7-13-23-50)52-36-30-47(31-37-52)68-74-73-67(76-68)46-20-10-6-11-21-46/h5-43H,1-4H3. The molecule has 14 rings (SSSR count). The zero-order valence-corrected chi connectivity index (χ0v) is 42.7. The molecule has 6 nitrogen and oxygen atoms in total. The maximum atomic E-state index is 6.12. The van der Waals surface area contributed by atoms with Gasteiger partial charge in [-0.1, -0.05) is 179 Å². The zero-order valence-electron chi connectivity index (χ0n) is 42.7. The van der Waals surface area contributed by atoms with E-state index < -0.39 is 0 Å². The van der Waals surface area contributed by atoms with Crippen molar-refractivity contribution < 1.29 is 4.42 Å². The third-order valence-electron chi connectivity index (χ3n) is 15.9. The third-order valence-corrected chi connectivity index (χ3v) is 15.9. The Labute approximate surface area is 442 Å². The summed E-state index contributed by atoms with van der Waals surface area (Å²) in [5.74, 6) is 0.957. The number of benzene rings is 10. The van der Waals surface area contributed by atoms with Crippen LogP contribution in [0.15, 0.2) is 241 Å². The van der Waals surface area contributed by atoms with E-state index >= 15 is 0 Å². The number of fused-ring (bicyclic) bond motifs is 7. The summed E-state index contributed by atoms with van der Waals surface area (Å²) in [6.45, 7) is 9.41. The second-order valence-corrected chi connectivity index (χ2v) is 21.1. The molecule has 2 heterocycles. The fraction of sp³-hybridized carbons (Fsp3) is 0.0857. The first-order valence-electron chi connectivity index (χ1n) is 26.0. The fourth-order valence-corrected chi connectivity index (χ4v) is 11.9. The summed E-state index contributed by atoms with van der Waals surface area (Å²) >= 11 is 0. The van der Waals surface area contributed by atoms with Crippen LogP contribution >= 0.6 is 0 Å². The van der Waals surface area contributed by atoms with E-state index in [0.717, 1.165) is 84.0 Å². The summed E-state index contributed by atoms with van der Waals surface area (Å²) in [7, 11) is 0. The average Bonchev–Trinajstić information content (AvgIpc) is 4.24. The van der Waals surface area contributed by atoms with Gasteiger partial charge in [-0.15, -0.1) is 10.2 Å². The first-order valence-corrected chi connectivity index (χ1v) is 26.0. The van der Waals surface area contributed by atoms with E-state index in [1.807, 2.05) is 48.5 Å². The van der Waals surface area contributed by atoms with E-state index in [1.165, 1.54) is 44.5 Å². The number of rotatable bonds is 9. The molecule has 0 spiro atoms. The molecule has 0 aliphatic heterocycles. The molecule has 2 aliphatic carbocycles. The molecule has 10 aromatic carbocycles. The van der Waals surface area contributed by atoms with Crippen molar-refractivity contribution in [3.63, 3.8) is 0 Å². The van der Waals surface area contributed by atoms with Crippen molar-refractivity contribution in [2.75, 3.05) is 4.90 Å². The van der Waals surface area contributed by atoms with Crippen LogP contribution in [-0.4, -0.2) is 20.2 Å². The molecule has 0 unspecified atom stereocenters. The monoisotopic (exact) mass is 977 g/mol. The highest BCUT2D eigenvalue weighted by molar-refractivity contribution is 5.98. The smallest absolute Gasteiger partial charge is 0.248 e. The summed E-state index contributed by atoms with van der Waals surface area (Å²) in [4.78, 5) is 13.5. The number of nitrogens with zero attached hydrogens (tertiary/aromatic N) is 5. The molecule has 0 saturated heterocycles. The van der Waals surface area contributed by atoms with Crippen molar-refractivity contribution in [1.29, 1.82) is 0 Å². The van der Waals surface area contributed by atoms with Crippen LogP contribution in [-0.2, 0) is 10.8 Å². The molecule has 0 bridgehead atoms. The number of aromatic nitrogens is 4. The highest BCUT2D eigenvalue weighted by atomic mass is 16.4. The second-order valence-electron chi connectivity index (χ2n) is 21.1. The Morgan fingerprint density at radius 3 is 1.14 bits per heavy atom. The van der Waals surface area contributed by atoms with Gasteiger partial charge in [0.2, 0.25) is 11.8 Å². The zero-order chi connectivity index (χ0) is 51.1. The molecule has 76 heavy (non-hydrogen) atoms. The van der Waals surface area contributed by atoms with Gasteiger partial charge in [0.1, 0.15) is 0 Å². The number of hydrogen-bond donors (Lipinski definition) is 0. The van der Waals surface area contributed by atoms with Crippen LogP contribution in [0.25, 0.3) is 101 Å². The van der Waals surface area contributed by atoms with Crippen LogP contribution in [0.2, 0.25) is 0 Å². The number of anilines is 3. The van der Waals surface area contributed by atoms with E-state index in [2.05, 4.69) is 231 Å². The average molecular weight is 978 g/mol. The number of para-hydroxylation sites is 1. The van der Waals surface area contributed by atoms with Crippen LogP contribution in [0, 0.1) is 0 Å². The van der Waals surface area contributed by atoms with Gasteiger partial charge in [-0.25, -0.2) is 9.97 Å². The normalized spacial score (nSPS) is 13.5. The predicted molar refractivity (Wildman–Crippen MR) is 310 cm³/mol. The van der Waals surface area contributed by atoms with Gasteiger partial charge in [-0.05, 0) is 152 Å². The van der Waals surface area contributed by atoms with Crippen molar-refractivity contribution in [2.24, 2.45) is 0 Å². The lowest BCUT2D eigenvalue weighted by atomic mass is 9.80. The van der Waals surface area contributed by atoms with Gasteiger partial charge in [-0.2, -0.15) is 0 Å². The molecule has 6 heteroatoms. The Balaban J connectivity index is 0.898. The van der Waals surface area contributed by atoms with Crippen molar-refractivity contribution >= 4 is 28.1 Å². The minimum atomic E-state index is -0.159. The Hall–Kier alpha value is -9.52.